The number of ketones is 1. The third-order valence-corrected chi connectivity index (χ3v) is 5.15. The third-order valence-electron chi connectivity index (χ3n) is 4.68. The molecule has 1 aliphatic carbocycles. The monoisotopic (exact) mass is 255 g/mol. The van der Waals surface area contributed by atoms with Gasteiger partial charge in [0.15, 0.2) is 0 Å². The number of rotatable bonds is 1. The highest BCUT2D eigenvalue weighted by atomic mass is 31.0. The lowest BCUT2D eigenvalue weighted by atomic mass is 9.72. The van der Waals surface area contributed by atoms with Gasteiger partial charge in [-0.05, 0) is 18.3 Å². The van der Waals surface area contributed by atoms with Crippen LogP contribution in [-0.4, -0.2) is 23.5 Å². The molecule has 0 bridgehead atoms. The van der Waals surface area contributed by atoms with E-state index in [-0.39, 0.29) is 0 Å². The fourth-order valence-corrected chi connectivity index (χ4v) is 3.91. The van der Waals surface area contributed by atoms with Gasteiger partial charge in [-0.2, -0.15) is 0 Å². The maximum Gasteiger partial charge on any atom is 0.138 e. The van der Waals surface area contributed by atoms with Crippen molar-refractivity contribution in [2.45, 2.75) is 51.9 Å². The molecule has 1 saturated heterocycles. The zero-order valence-electron chi connectivity index (χ0n) is 11.0. The first-order valence-corrected chi connectivity index (χ1v) is 7.72. The van der Waals surface area contributed by atoms with Crippen molar-refractivity contribution in [1.29, 1.82) is 0 Å². The summed E-state index contributed by atoms with van der Waals surface area (Å²) in [7, 11) is 2.78. The van der Waals surface area contributed by atoms with E-state index in [9.17, 15) is 4.79 Å². The van der Waals surface area contributed by atoms with Gasteiger partial charge in [-0.3, -0.25) is 9.46 Å². The minimum absolute atomic E-state index is 0.314. The first-order chi connectivity index (χ1) is 8.18. The number of hydrogen-bond acceptors (Lipinski definition) is 2. The lowest BCUT2D eigenvalue weighted by Gasteiger charge is -2.37. The van der Waals surface area contributed by atoms with E-state index in [4.69, 9.17) is 0 Å². The van der Waals surface area contributed by atoms with Gasteiger partial charge in [0.1, 0.15) is 5.78 Å². The first-order valence-electron chi connectivity index (χ1n) is 7.21. The summed E-state index contributed by atoms with van der Waals surface area (Å²) < 4.78 is 2.26. The van der Waals surface area contributed by atoms with Gasteiger partial charge in [-0.25, -0.2) is 0 Å². The molecule has 0 amide bonds. The molecule has 2 nitrogen and oxygen atoms in total. The highest BCUT2D eigenvalue weighted by Crippen LogP contribution is 2.36. The van der Waals surface area contributed by atoms with Gasteiger partial charge in [0.05, 0.1) is 0 Å². The summed E-state index contributed by atoms with van der Waals surface area (Å²) in [5.74, 6) is 2.22. The van der Waals surface area contributed by atoms with Crippen LogP contribution in [0.1, 0.15) is 51.9 Å². The molecule has 0 aromatic carbocycles. The van der Waals surface area contributed by atoms with Crippen molar-refractivity contribution < 1.29 is 4.79 Å². The van der Waals surface area contributed by atoms with E-state index < -0.39 is 0 Å². The lowest BCUT2D eigenvalue weighted by Crippen LogP contribution is -2.41. The topological polar surface area (TPSA) is 20.3 Å². The van der Waals surface area contributed by atoms with Crippen LogP contribution in [0.25, 0.3) is 0 Å². The highest BCUT2D eigenvalue weighted by molar-refractivity contribution is 7.13. The maximum atomic E-state index is 12.1. The average molecular weight is 255 g/mol. The van der Waals surface area contributed by atoms with Crippen LogP contribution in [0.15, 0.2) is 0 Å². The van der Waals surface area contributed by atoms with Crippen molar-refractivity contribution in [2.75, 3.05) is 13.1 Å². The molecule has 3 unspecified atom stereocenters. The molecule has 2 rings (SSSR count). The van der Waals surface area contributed by atoms with Gasteiger partial charge >= 0.3 is 0 Å². The Morgan fingerprint density at radius 1 is 1.18 bits per heavy atom. The summed E-state index contributed by atoms with van der Waals surface area (Å²) >= 11 is 0. The van der Waals surface area contributed by atoms with Crippen LogP contribution in [0.4, 0.5) is 0 Å². The van der Waals surface area contributed by atoms with Gasteiger partial charge in [0, 0.05) is 25.4 Å². The summed E-state index contributed by atoms with van der Waals surface area (Å²) in [5, 5.41) is 0. The second-order valence-corrected chi connectivity index (χ2v) is 6.68. The lowest BCUT2D eigenvalue weighted by molar-refractivity contribution is -0.128. The molecule has 0 aromatic heterocycles. The van der Waals surface area contributed by atoms with E-state index in [0.29, 0.717) is 17.6 Å². The number of hydrogen-bond donors (Lipinski definition) is 0. The van der Waals surface area contributed by atoms with Gasteiger partial charge in [0.25, 0.3) is 0 Å². The fraction of sp³-hybridized carbons (Fsp3) is 0.929. The largest absolute Gasteiger partial charge is 0.299 e. The fourth-order valence-electron chi connectivity index (χ4n) is 3.56. The molecule has 3 heteroatoms. The summed E-state index contributed by atoms with van der Waals surface area (Å²) in [4.78, 5) is 12.1. The molecular formula is C14H26NOP. The van der Waals surface area contributed by atoms with E-state index in [1.807, 2.05) is 0 Å². The molecule has 1 heterocycles. The number of Topliss-reactive ketones (excluding diaryl/α,β-unsaturated/α-hetero) is 1. The van der Waals surface area contributed by atoms with E-state index in [1.165, 1.54) is 38.5 Å². The van der Waals surface area contributed by atoms with Gasteiger partial charge in [-0.15, -0.1) is 0 Å². The van der Waals surface area contributed by atoms with Crippen LogP contribution in [0.2, 0.25) is 0 Å². The number of carbonyl (C=O) groups excluding carboxylic acids is 1. The smallest absolute Gasteiger partial charge is 0.138 e. The normalized spacial score (nSPS) is 37.5. The van der Waals surface area contributed by atoms with E-state index in [0.717, 1.165) is 25.4 Å². The molecule has 0 spiro atoms. The Labute approximate surface area is 108 Å². The Morgan fingerprint density at radius 2 is 1.88 bits per heavy atom. The van der Waals surface area contributed by atoms with Crippen molar-refractivity contribution in [1.82, 2.24) is 4.67 Å². The zero-order valence-corrected chi connectivity index (χ0v) is 12.2. The van der Waals surface area contributed by atoms with Gasteiger partial charge in [0.2, 0.25) is 0 Å². The molecule has 0 N–H and O–H groups in total. The Balaban J connectivity index is 2.03. The minimum Gasteiger partial charge on any atom is -0.299 e. The van der Waals surface area contributed by atoms with Crippen molar-refractivity contribution in [3.8, 4) is 0 Å². The van der Waals surface area contributed by atoms with Crippen LogP contribution in [-0.2, 0) is 4.79 Å². The molecule has 2 aliphatic rings. The molecule has 4 atom stereocenters. The number of carbonyl (C=O) groups is 1. The predicted octanol–water partition coefficient (Wildman–Crippen LogP) is 3.27. The molecule has 1 saturated carbocycles. The SMILES string of the molecule is C[C@H]1CCCCCCC1C1CN(P)CCC1=O. The van der Waals surface area contributed by atoms with E-state index in [1.54, 1.807) is 0 Å². The summed E-state index contributed by atoms with van der Waals surface area (Å²) in [6.07, 6.45) is 8.82. The van der Waals surface area contributed by atoms with Gasteiger partial charge < -0.3 is 0 Å². The average Bonchev–Trinajstić information content (AvgIpc) is 2.28. The zero-order chi connectivity index (χ0) is 12.3. The van der Waals surface area contributed by atoms with Gasteiger partial charge in [-0.1, -0.05) is 48.4 Å². The Morgan fingerprint density at radius 3 is 2.65 bits per heavy atom. The Hall–Kier alpha value is 0.0600. The van der Waals surface area contributed by atoms with Crippen LogP contribution in [0.3, 0.4) is 0 Å². The van der Waals surface area contributed by atoms with Crippen molar-refractivity contribution >= 4 is 15.2 Å². The standard InChI is InChI=1S/C14H26NOP/c1-11-6-4-2-3-5-7-12(11)13-10-15(17)9-8-14(13)16/h11-13H,2-10,17H2,1H3/t11-,12?,13?/m0/s1. The molecule has 1 aliphatic heterocycles. The van der Waals surface area contributed by atoms with Crippen LogP contribution in [0, 0.1) is 17.8 Å². The van der Waals surface area contributed by atoms with E-state index in [2.05, 4.69) is 21.0 Å². The van der Waals surface area contributed by atoms with Crippen LogP contribution < -0.4 is 0 Å². The number of nitrogens with zero attached hydrogens (tertiary/aromatic N) is 1. The molecule has 0 radical (unpaired) electrons. The van der Waals surface area contributed by atoms with Crippen LogP contribution >= 0.6 is 9.39 Å². The Kier molecular flexibility index (Phi) is 4.99. The second-order valence-electron chi connectivity index (χ2n) is 5.95. The molecule has 0 aromatic rings. The third kappa shape index (κ3) is 3.51. The summed E-state index contributed by atoms with van der Waals surface area (Å²) in [5.41, 5.74) is 0. The summed E-state index contributed by atoms with van der Waals surface area (Å²) in [6, 6.07) is 0. The Bertz CT molecular complexity index is 269. The molecular weight excluding hydrogens is 229 g/mol. The van der Waals surface area contributed by atoms with Crippen molar-refractivity contribution in [2.24, 2.45) is 17.8 Å². The van der Waals surface area contributed by atoms with Crippen molar-refractivity contribution in [3.63, 3.8) is 0 Å². The predicted molar refractivity (Wildman–Crippen MR) is 74.8 cm³/mol. The van der Waals surface area contributed by atoms with Crippen molar-refractivity contribution in [3.05, 3.63) is 0 Å². The minimum atomic E-state index is 0.314. The first kappa shape index (κ1) is 13.5. The quantitative estimate of drug-likeness (QED) is 0.670. The molecule has 17 heavy (non-hydrogen) atoms. The van der Waals surface area contributed by atoms with E-state index >= 15 is 0 Å². The highest BCUT2D eigenvalue weighted by Gasteiger charge is 2.35. The molecule has 98 valence electrons. The maximum absolute atomic E-state index is 12.1. The van der Waals surface area contributed by atoms with Crippen LogP contribution in [0.5, 0.6) is 0 Å². The summed E-state index contributed by atoms with van der Waals surface area (Å²) in [6.45, 7) is 4.27. The number of piperidine rings is 1. The second kappa shape index (κ2) is 6.29. The molecule has 2 fully saturated rings.